The zero-order valence-electron chi connectivity index (χ0n) is 10.1. The molecular formula is C12H14N2O4. The standard InChI is InChI=1S/C12H14N2O4/c1-18-11-6-5-9(14(16)17)8-10(11)13-7-3-2-4-12(13)15/h5-6,8H,2-4,7H2,1H3. The van der Waals surface area contributed by atoms with Gasteiger partial charge >= 0.3 is 0 Å². The molecule has 2 rings (SSSR count). The Morgan fingerprint density at radius 1 is 1.39 bits per heavy atom. The Labute approximate surface area is 104 Å². The average molecular weight is 250 g/mol. The van der Waals surface area contributed by atoms with Crippen molar-refractivity contribution in [3.63, 3.8) is 0 Å². The topological polar surface area (TPSA) is 72.7 Å². The normalized spacial score (nSPS) is 15.6. The molecule has 1 aromatic rings. The van der Waals surface area contributed by atoms with Crippen molar-refractivity contribution in [1.82, 2.24) is 0 Å². The lowest BCUT2D eigenvalue weighted by Crippen LogP contribution is -2.35. The molecule has 1 aliphatic rings. The second-order valence-corrected chi connectivity index (χ2v) is 4.12. The summed E-state index contributed by atoms with van der Waals surface area (Å²) in [6.07, 6.45) is 2.25. The predicted octanol–water partition coefficient (Wildman–Crippen LogP) is 2.12. The highest BCUT2D eigenvalue weighted by molar-refractivity contribution is 5.95. The molecule has 96 valence electrons. The number of nitro benzene ring substituents is 1. The van der Waals surface area contributed by atoms with Crippen LogP contribution in [0.2, 0.25) is 0 Å². The van der Waals surface area contributed by atoms with E-state index >= 15 is 0 Å². The third-order valence-electron chi connectivity index (χ3n) is 2.99. The van der Waals surface area contributed by atoms with Crippen LogP contribution in [0.15, 0.2) is 18.2 Å². The summed E-state index contributed by atoms with van der Waals surface area (Å²) in [6, 6.07) is 4.29. The summed E-state index contributed by atoms with van der Waals surface area (Å²) in [7, 11) is 1.49. The molecule has 6 nitrogen and oxygen atoms in total. The number of piperidine rings is 1. The van der Waals surface area contributed by atoms with Crippen molar-refractivity contribution < 1.29 is 14.5 Å². The van der Waals surface area contributed by atoms with Crippen LogP contribution in [-0.2, 0) is 4.79 Å². The molecule has 0 radical (unpaired) electrons. The maximum atomic E-state index is 11.8. The number of anilines is 1. The molecule has 1 saturated heterocycles. The molecule has 0 saturated carbocycles. The fourth-order valence-electron chi connectivity index (χ4n) is 2.06. The first-order valence-electron chi connectivity index (χ1n) is 5.76. The fourth-order valence-corrected chi connectivity index (χ4v) is 2.06. The second-order valence-electron chi connectivity index (χ2n) is 4.12. The smallest absolute Gasteiger partial charge is 0.271 e. The van der Waals surface area contributed by atoms with Crippen molar-refractivity contribution >= 4 is 17.3 Å². The number of rotatable bonds is 3. The zero-order valence-corrected chi connectivity index (χ0v) is 10.1. The highest BCUT2D eigenvalue weighted by atomic mass is 16.6. The van der Waals surface area contributed by atoms with Crippen molar-refractivity contribution in [2.24, 2.45) is 0 Å². The SMILES string of the molecule is COc1ccc([N+](=O)[O-])cc1N1CCCCC1=O. The van der Waals surface area contributed by atoms with Gasteiger partial charge in [-0.15, -0.1) is 0 Å². The molecule has 1 fully saturated rings. The van der Waals surface area contributed by atoms with Crippen LogP contribution in [0.4, 0.5) is 11.4 Å². The number of nitro groups is 1. The third-order valence-corrected chi connectivity index (χ3v) is 2.99. The van der Waals surface area contributed by atoms with E-state index in [1.807, 2.05) is 0 Å². The van der Waals surface area contributed by atoms with Gasteiger partial charge in [0.25, 0.3) is 5.69 Å². The van der Waals surface area contributed by atoms with Crippen LogP contribution in [0.5, 0.6) is 5.75 Å². The van der Waals surface area contributed by atoms with E-state index in [1.54, 1.807) is 4.90 Å². The van der Waals surface area contributed by atoms with E-state index in [0.29, 0.717) is 24.4 Å². The highest BCUT2D eigenvalue weighted by Gasteiger charge is 2.24. The fraction of sp³-hybridized carbons (Fsp3) is 0.417. The van der Waals surface area contributed by atoms with Gasteiger partial charge in [-0.25, -0.2) is 0 Å². The number of carbonyl (C=O) groups excluding carboxylic acids is 1. The minimum atomic E-state index is -0.475. The van der Waals surface area contributed by atoms with Gasteiger partial charge in [0, 0.05) is 25.1 Å². The highest BCUT2D eigenvalue weighted by Crippen LogP contribution is 2.34. The van der Waals surface area contributed by atoms with Gasteiger partial charge in [-0.1, -0.05) is 0 Å². The number of hydrogen-bond acceptors (Lipinski definition) is 4. The van der Waals surface area contributed by atoms with Crippen LogP contribution in [0.25, 0.3) is 0 Å². The Bertz CT molecular complexity index is 487. The minimum absolute atomic E-state index is 0.0138. The van der Waals surface area contributed by atoms with Gasteiger partial charge in [-0.2, -0.15) is 0 Å². The molecule has 0 bridgehead atoms. The van der Waals surface area contributed by atoms with E-state index in [4.69, 9.17) is 4.74 Å². The first-order chi connectivity index (χ1) is 8.63. The Morgan fingerprint density at radius 3 is 2.78 bits per heavy atom. The van der Waals surface area contributed by atoms with E-state index in [-0.39, 0.29) is 11.6 Å². The van der Waals surface area contributed by atoms with Crippen LogP contribution >= 0.6 is 0 Å². The van der Waals surface area contributed by atoms with Crippen LogP contribution in [0, 0.1) is 10.1 Å². The molecule has 0 spiro atoms. The molecule has 0 unspecified atom stereocenters. The summed E-state index contributed by atoms with van der Waals surface area (Å²) >= 11 is 0. The Balaban J connectivity index is 2.42. The number of nitrogens with zero attached hydrogens (tertiary/aromatic N) is 2. The summed E-state index contributed by atoms with van der Waals surface area (Å²) < 4.78 is 5.17. The van der Waals surface area contributed by atoms with Crippen LogP contribution in [0.3, 0.4) is 0 Å². The van der Waals surface area contributed by atoms with Gasteiger partial charge in [-0.05, 0) is 18.9 Å². The number of benzene rings is 1. The molecule has 1 amide bonds. The average Bonchev–Trinajstić information content (AvgIpc) is 2.38. The number of carbonyl (C=O) groups is 1. The molecule has 18 heavy (non-hydrogen) atoms. The molecule has 0 aromatic heterocycles. The summed E-state index contributed by atoms with van der Waals surface area (Å²) in [4.78, 5) is 23.7. The molecule has 0 N–H and O–H groups in total. The van der Waals surface area contributed by atoms with Crippen LogP contribution in [-0.4, -0.2) is 24.5 Å². The summed E-state index contributed by atoms with van der Waals surface area (Å²) in [6.45, 7) is 0.580. The summed E-state index contributed by atoms with van der Waals surface area (Å²) in [5, 5.41) is 10.8. The van der Waals surface area contributed by atoms with Crippen LogP contribution in [0.1, 0.15) is 19.3 Å². The van der Waals surface area contributed by atoms with Crippen molar-refractivity contribution in [3.8, 4) is 5.75 Å². The molecule has 6 heteroatoms. The lowest BCUT2D eigenvalue weighted by atomic mass is 10.1. The lowest BCUT2D eigenvalue weighted by Gasteiger charge is -2.27. The lowest BCUT2D eigenvalue weighted by molar-refractivity contribution is -0.384. The largest absolute Gasteiger partial charge is 0.495 e. The first-order valence-corrected chi connectivity index (χ1v) is 5.76. The van der Waals surface area contributed by atoms with Gasteiger partial charge in [0.2, 0.25) is 5.91 Å². The summed E-state index contributed by atoms with van der Waals surface area (Å²) in [5.74, 6) is 0.468. The van der Waals surface area contributed by atoms with E-state index in [9.17, 15) is 14.9 Å². The van der Waals surface area contributed by atoms with Crippen molar-refractivity contribution in [1.29, 1.82) is 0 Å². The van der Waals surface area contributed by atoms with E-state index < -0.39 is 4.92 Å². The van der Waals surface area contributed by atoms with Crippen molar-refractivity contribution in [2.75, 3.05) is 18.6 Å². The second kappa shape index (κ2) is 5.03. The Kier molecular flexibility index (Phi) is 3.45. The number of methoxy groups -OCH3 is 1. The van der Waals surface area contributed by atoms with Crippen molar-refractivity contribution in [2.45, 2.75) is 19.3 Å². The van der Waals surface area contributed by atoms with Gasteiger partial charge in [0.15, 0.2) is 0 Å². The molecule has 0 aliphatic carbocycles. The number of hydrogen-bond donors (Lipinski definition) is 0. The van der Waals surface area contributed by atoms with Gasteiger partial charge in [-0.3, -0.25) is 14.9 Å². The first kappa shape index (κ1) is 12.3. The Morgan fingerprint density at radius 2 is 2.17 bits per heavy atom. The van der Waals surface area contributed by atoms with Crippen LogP contribution < -0.4 is 9.64 Å². The van der Waals surface area contributed by atoms with E-state index in [0.717, 1.165) is 12.8 Å². The van der Waals surface area contributed by atoms with Gasteiger partial charge in [0.1, 0.15) is 5.75 Å². The maximum Gasteiger partial charge on any atom is 0.271 e. The van der Waals surface area contributed by atoms with E-state index in [2.05, 4.69) is 0 Å². The number of non-ortho nitro benzene ring substituents is 1. The quantitative estimate of drug-likeness (QED) is 0.608. The molecular weight excluding hydrogens is 236 g/mol. The van der Waals surface area contributed by atoms with E-state index in [1.165, 1.54) is 25.3 Å². The Hall–Kier alpha value is -2.11. The van der Waals surface area contributed by atoms with Gasteiger partial charge < -0.3 is 9.64 Å². The molecule has 0 atom stereocenters. The number of amides is 1. The third kappa shape index (κ3) is 2.27. The van der Waals surface area contributed by atoms with Gasteiger partial charge in [0.05, 0.1) is 17.7 Å². The number of ether oxygens (including phenoxy) is 1. The predicted molar refractivity (Wildman–Crippen MR) is 65.9 cm³/mol. The monoisotopic (exact) mass is 250 g/mol. The summed E-state index contributed by atoms with van der Waals surface area (Å²) in [5.41, 5.74) is 0.445. The molecule has 1 aromatic carbocycles. The molecule has 1 heterocycles. The molecule has 1 aliphatic heterocycles. The van der Waals surface area contributed by atoms with Crippen molar-refractivity contribution in [3.05, 3.63) is 28.3 Å². The maximum absolute atomic E-state index is 11.8. The zero-order chi connectivity index (χ0) is 13.1. The minimum Gasteiger partial charge on any atom is -0.495 e.